The predicted octanol–water partition coefficient (Wildman–Crippen LogP) is 5.91. The van der Waals surface area contributed by atoms with Gasteiger partial charge in [-0.25, -0.2) is 0 Å². The number of likely N-dealkylation sites (tertiary alicyclic amines) is 2. The van der Waals surface area contributed by atoms with Crippen molar-refractivity contribution in [2.45, 2.75) is 39.2 Å². The molecule has 2 aromatic rings. The lowest BCUT2D eigenvalue weighted by atomic mass is 9.71. The molecule has 0 unspecified atom stereocenters. The Morgan fingerprint density at radius 3 is 2.32 bits per heavy atom. The lowest BCUT2D eigenvalue weighted by Gasteiger charge is -2.47. The highest BCUT2D eigenvalue weighted by Gasteiger charge is 2.38. The van der Waals surface area contributed by atoms with E-state index in [0.717, 1.165) is 51.3 Å². The number of amides is 1. The zero-order chi connectivity index (χ0) is 21.8. The maximum Gasteiger partial charge on any atom is 0.253 e. The van der Waals surface area contributed by atoms with Crippen LogP contribution in [0.1, 0.15) is 48.5 Å². The topological polar surface area (TPSA) is 32.8 Å². The number of rotatable bonds is 5. The Labute approximate surface area is 195 Å². The van der Waals surface area contributed by atoms with E-state index < -0.39 is 0 Å². The van der Waals surface area contributed by atoms with Crippen molar-refractivity contribution in [1.29, 1.82) is 0 Å². The van der Waals surface area contributed by atoms with Gasteiger partial charge in [0.05, 0.1) is 16.7 Å². The Hall–Kier alpha value is -1.75. The first-order valence-electron chi connectivity index (χ1n) is 11.2. The number of ether oxygens (including phenoxy) is 1. The van der Waals surface area contributed by atoms with Gasteiger partial charge in [0.1, 0.15) is 5.75 Å². The number of hydrogen-bond acceptors (Lipinski definition) is 3. The fourth-order valence-corrected chi connectivity index (χ4v) is 5.15. The molecule has 2 fully saturated rings. The summed E-state index contributed by atoms with van der Waals surface area (Å²) in [5.41, 5.74) is 2.25. The minimum absolute atomic E-state index is 0.0541. The van der Waals surface area contributed by atoms with E-state index in [0.29, 0.717) is 27.6 Å². The molecule has 31 heavy (non-hydrogen) atoms. The number of halogens is 2. The summed E-state index contributed by atoms with van der Waals surface area (Å²) in [6.45, 7) is 7.48. The largest absolute Gasteiger partial charge is 0.494 e. The van der Waals surface area contributed by atoms with E-state index in [1.54, 1.807) is 18.2 Å². The number of nitrogens with zero attached hydrogens (tertiary/aromatic N) is 2. The molecule has 1 amide bonds. The van der Waals surface area contributed by atoms with Gasteiger partial charge in [-0.2, -0.15) is 0 Å². The van der Waals surface area contributed by atoms with Gasteiger partial charge in [-0.05, 0) is 75.4 Å². The third-order valence-corrected chi connectivity index (χ3v) is 7.60. The van der Waals surface area contributed by atoms with Gasteiger partial charge < -0.3 is 9.64 Å². The molecule has 0 aromatic heterocycles. The van der Waals surface area contributed by atoms with Crippen LogP contribution < -0.4 is 4.74 Å². The van der Waals surface area contributed by atoms with Crippen LogP contribution in [0.5, 0.6) is 5.75 Å². The third-order valence-electron chi connectivity index (χ3n) is 6.86. The molecule has 2 aromatic carbocycles. The number of benzene rings is 2. The highest BCUT2D eigenvalue weighted by Crippen LogP contribution is 2.42. The quantitative estimate of drug-likeness (QED) is 0.555. The maximum atomic E-state index is 12.9. The summed E-state index contributed by atoms with van der Waals surface area (Å²) in [6.07, 6.45) is 4.53. The summed E-state index contributed by atoms with van der Waals surface area (Å²) in [4.78, 5) is 17.4. The lowest BCUT2D eigenvalue weighted by Crippen LogP contribution is -2.48. The highest BCUT2D eigenvalue weighted by molar-refractivity contribution is 6.42. The van der Waals surface area contributed by atoms with E-state index >= 15 is 0 Å². The van der Waals surface area contributed by atoms with E-state index in [2.05, 4.69) is 23.1 Å². The third kappa shape index (κ3) is 5.19. The molecule has 0 aliphatic carbocycles. The number of para-hydroxylation sites is 1. The molecule has 166 valence electrons. The van der Waals surface area contributed by atoms with Gasteiger partial charge in [0.25, 0.3) is 5.91 Å². The molecule has 0 saturated carbocycles. The molecule has 2 aliphatic rings. The van der Waals surface area contributed by atoms with Crippen molar-refractivity contribution in [3.63, 3.8) is 0 Å². The van der Waals surface area contributed by atoms with E-state index in [1.165, 1.54) is 18.4 Å². The zero-order valence-electron chi connectivity index (χ0n) is 18.1. The van der Waals surface area contributed by atoms with Crippen LogP contribution >= 0.6 is 23.2 Å². The molecule has 6 heteroatoms. The normalized spacial score (nSPS) is 18.9. The number of carbonyl (C=O) groups excluding carboxylic acids is 1. The number of carbonyl (C=O) groups is 1. The zero-order valence-corrected chi connectivity index (χ0v) is 19.6. The average Bonchev–Trinajstić information content (AvgIpc) is 2.79. The van der Waals surface area contributed by atoms with Gasteiger partial charge >= 0.3 is 0 Å². The summed E-state index contributed by atoms with van der Waals surface area (Å²) < 4.78 is 5.79. The van der Waals surface area contributed by atoms with Crippen molar-refractivity contribution in [2.24, 2.45) is 5.41 Å². The fourth-order valence-electron chi connectivity index (χ4n) is 4.85. The summed E-state index contributed by atoms with van der Waals surface area (Å²) in [6, 6.07) is 13.5. The second kappa shape index (κ2) is 9.81. The standard InChI is InChI=1S/C25H30Cl2N2O2/c1-2-31-23-6-4-3-5-20(23)18-28-13-9-25(10-14-28)11-15-29(16-12-25)24(30)19-7-8-21(26)22(27)17-19/h3-8,17H,2,9-16,18H2,1H3. The molecule has 4 rings (SSSR count). The molecule has 2 aliphatic heterocycles. The van der Waals surface area contributed by atoms with E-state index in [-0.39, 0.29) is 5.91 Å². The second-order valence-electron chi connectivity index (χ2n) is 8.74. The van der Waals surface area contributed by atoms with E-state index in [1.807, 2.05) is 17.9 Å². The first-order chi connectivity index (χ1) is 15.0. The minimum atomic E-state index is 0.0541. The Morgan fingerprint density at radius 1 is 0.968 bits per heavy atom. The molecular weight excluding hydrogens is 431 g/mol. The summed E-state index contributed by atoms with van der Waals surface area (Å²) >= 11 is 12.1. The van der Waals surface area contributed by atoms with Gasteiger partial charge in [-0.3, -0.25) is 9.69 Å². The van der Waals surface area contributed by atoms with E-state index in [9.17, 15) is 4.79 Å². The molecule has 0 N–H and O–H groups in total. The molecular formula is C25H30Cl2N2O2. The van der Waals surface area contributed by atoms with Crippen LogP contribution in [0.2, 0.25) is 10.0 Å². The Morgan fingerprint density at radius 2 is 1.65 bits per heavy atom. The van der Waals surface area contributed by atoms with Crippen LogP contribution in [-0.4, -0.2) is 48.5 Å². The molecule has 2 heterocycles. The fraction of sp³-hybridized carbons (Fsp3) is 0.480. The lowest BCUT2D eigenvalue weighted by molar-refractivity contribution is 0.0283. The average molecular weight is 461 g/mol. The monoisotopic (exact) mass is 460 g/mol. The maximum absolute atomic E-state index is 12.9. The Kier molecular flexibility index (Phi) is 7.10. The second-order valence-corrected chi connectivity index (χ2v) is 9.55. The van der Waals surface area contributed by atoms with Gasteiger partial charge in [0, 0.05) is 30.8 Å². The van der Waals surface area contributed by atoms with Gasteiger partial charge in [0.2, 0.25) is 0 Å². The van der Waals surface area contributed by atoms with Crippen LogP contribution in [0.15, 0.2) is 42.5 Å². The van der Waals surface area contributed by atoms with Crippen molar-refractivity contribution in [3.05, 3.63) is 63.6 Å². The summed E-state index contributed by atoms with van der Waals surface area (Å²) in [5, 5.41) is 0.908. The Balaban J connectivity index is 1.30. The van der Waals surface area contributed by atoms with Crippen LogP contribution in [0.25, 0.3) is 0 Å². The van der Waals surface area contributed by atoms with Gasteiger partial charge in [0.15, 0.2) is 0 Å². The van der Waals surface area contributed by atoms with Crippen molar-refractivity contribution < 1.29 is 9.53 Å². The summed E-state index contributed by atoms with van der Waals surface area (Å²) in [5.74, 6) is 1.05. The van der Waals surface area contributed by atoms with E-state index in [4.69, 9.17) is 27.9 Å². The molecule has 4 nitrogen and oxygen atoms in total. The first kappa shape index (κ1) is 22.4. The highest BCUT2D eigenvalue weighted by atomic mass is 35.5. The first-order valence-corrected chi connectivity index (χ1v) is 11.9. The number of piperidine rings is 2. The van der Waals surface area contributed by atoms with Crippen molar-refractivity contribution in [1.82, 2.24) is 9.80 Å². The molecule has 0 bridgehead atoms. The molecule has 1 spiro atoms. The molecule has 2 saturated heterocycles. The summed E-state index contributed by atoms with van der Waals surface area (Å²) in [7, 11) is 0. The van der Waals surface area contributed by atoms with Crippen LogP contribution in [-0.2, 0) is 6.54 Å². The SMILES string of the molecule is CCOc1ccccc1CN1CCC2(CC1)CCN(C(=O)c1ccc(Cl)c(Cl)c1)CC2. The predicted molar refractivity (Wildman–Crippen MR) is 126 cm³/mol. The van der Waals surface area contributed by atoms with Crippen molar-refractivity contribution in [2.75, 3.05) is 32.8 Å². The van der Waals surface area contributed by atoms with Gasteiger partial charge in [-0.1, -0.05) is 41.4 Å². The Bertz CT molecular complexity index is 915. The van der Waals surface area contributed by atoms with Crippen LogP contribution in [0, 0.1) is 5.41 Å². The molecule has 0 atom stereocenters. The smallest absolute Gasteiger partial charge is 0.253 e. The van der Waals surface area contributed by atoms with Crippen molar-refractivity contribution >= 4 is 29.1 Å². The van der Waals surface area contributed by atoms with Crippen LogP contribution in [0.4, 0.5) is 0 Å². The minimum Gasteiger partial charge on any atom is -0.494 e. The van der Waals surface area contributed by atoms with Crippen molar-refractivity contribution in [3.8, 4) is 5.75 Å². The van der Waals surface area contributed by atoms with Gasteiger partial charge in [-0.15, -0.1) is 0 Å². The number of hydrogen-bond donors (Lipinski definition) is 0. The van der Waals surface area contributed by atoms with Crippen LogP contribution in [0.3, 0.4) is 0 Å². The molecule has 0 radical (unpaired) electrons.